The highest BCUT2D eigenvalue weighted by molar-refractivity contribution is 7.98. The Morgan fingerprint density at radius 1 is 1.17 bits per heavy atom. The van der Waals surface area contributed by atoms with E-state index in [2.05, 4.69) is 10.2 Å². The third-order valence-corrected chi connectivity index (χ3v) is 4.16. The molecule has 0 saturated carbocycles. The predicted molar refractivity (Wildman–Crippen MR) is 85.1 cm³/mol. The van der Waals surface area contributed by atoms with Crippen LogP contribution in [0.2, 0.25) is 5.02 Å². The van der Waals surface area contributed by atoms with Gasteiger partial charge in [-0.1, -0.05) is 41.6 Å². The lowest BCUT2D eigenvalue weighted by Crippen LogP contribution is -2.22. The molecule has 0 amide bonds. The van der Waals surface area contributed by atoms with Gasteiger partial charge in [0.05, 0.1) is 5.97 Å². The fourth-order valence-electron chi connectivity index (χ4n) is 1.91. The Bertz CT molecular complexity index is 833. The fourth-order valence-corrected chi connectivity index (χ4v) is 2.74. The molecule has 7 heteroatoms. The normalized spacial score (nSPS) is 10.7. The summed E-state index contributed by atoms with van der Waals surface area (Å²) in [6.07, 6.45) is 0. The lowest BCUT2D eigenvalue weighted by Gasteiger charge is -2.04. The molecule has 0 fully saturated rings. The molecular formula is C16H10ClN2O3S-. The van der Waals surface area contributed by atoms with Crippen molar-refractivity contribution >= 4 is 29.3 Å². The highest BCUT2D eigenvalue weighted by Crippen LogP contribution is 2.26. The number of carbonyl (C=O) groups is 1. The van der Waals surface area contributed by atoms with Crippen molar-refractivity contribution in [1.82, 2.24) is 10.2 Å². The maximum atomic E-state index is 10.8. The molecule has 0 aliphatic rings. The number of halogens is 1. The summed E-state index contributed by atoms with van der Waals surface area (Å²) in [7, 11) is 0. The van der Waals surface area contributed by atoms with E-state index in [1.807, 2.05) is 6.07 Å². The third-order valence-electron chi connectivity index (χ3n) is 3.02. The fraction of sp³-hybridized carbons (Fsp3) is 0.0625. The number of carbonyl (C=O) groups excluding carboxylic acids is 1. The molecule has 5 nitrogen and oxygen atoms in total. The van der Waals surface area contributed by atoms with Crippen molar-refractivity contribution in [3.05, 3.63) is 64.7 Å². The number of hydrogen-bond acceptors (Lipinski definition) is 6. The summed E-state index contributed by atoms with van der Waals surface area (Å²) >= 11 is 7.17. The lowest BCUT2D eigenvalue weighted by molar-refractivity contribution is -0.255. The van der Waals surface area contributed by atoms with Crippen LogP contribution >= 0.6 is 23.4 Å². The minimum absolute atomic E-state index is 0.149. The van der Waals surface area contributed by atoms with E-state index < -0.39 is 5.97 Å². The number of hydrogen-bond donors (Lipinski definition) is 0. The van der Waals surface area contributed by atoms with Crippen LogP contribution in [0.5, 0.6) is 0 Å². The number of thioether (sulfide) groups is 1. The summed E-state index contributed by atoms with van der Waals surface area (Å²) in [6.45, 7) is 0. The van der Waals surface area contributed by atoms with Crippen LogP contribution in [-0.4, -0.2) is 16.2 Å². The molecule has 0 unspecified atom stereocenters. The molecule has 0 aliphatic carbocycles. The summed E-state index contributed by atoms with van der Waals surface area (Å²) in [6, 6.07) is 13.7. The smallest absolute Gasteiger partial charge is 0.277 e. The van der Waals surface area contributed by atoms with E-state index in [4.69, 9.17) is 16.0 Å². The quantitative estimate of drug-likeness (QED) is 0.661. The zero-order chi connectivity index (χ0) is 16.2. The molecule has 1 aromatic heterocycles. The first-order chi connectivity index (χ1) is 11.1. The number of carboxylic acids is 1. The van der Waals surface area contributed by atoms with Crippen LogP contribution in [0, 0.1) is 0 Å². The maximum absolute atomic E-state index is 10.8. The number of aromatic carboxylic acids is 1. The molecule has 0 N–H and O–H groups in total. The van der Waals surface area contributed by atoms with Crippen LogP contribution in [0.3, 0.4) is 0 Å². The molecule has 3 aromatic rings. The van der Waals surface area contributed by atoms with Gasteiger partial charge in [0.1, 0.15) is 0 Å². The largest absolute Gasteiger partial charge is 0.545 e. The van der Waals surface area contributed by atoms with E-state index in [0.29, 0.717) is 21.9 Å². The second-order valence-corrected chi connectivity index (χ2v) is 6.02. The summed E-state index contributed by atoms with van der Waals surface area (Å²) in [5.41, 5.74) is 1.77. The molecule has 0 saturated heterocycles. The SMILES string of the molecule is O=C([O-])c1cccc(CSc2nnc(-c3ccc(Cl)cc3)o2)c1. The van der Waals surface area contributed by atoms with Gasteiger partial charge < -0.3 is 14.3 Å². The average Bonchev–Trinajstić information content (AvgIpc) is 3.03. The van der Waals surface area contributed by atoms with E-state index in [-0.39, 0.29) is 5.56 Å². The third kappa shape index (κ3) is 3.91. The molecular weight excluding hydrogens is 336 g/mol. The monoisotopic (exact) mass is 345 g/mol. The zero-order valence-electron chi connectivity index (χ0n) is 11.7. The van der Waals surface area contributed by atoms with Crippen LogP contribution in [0.1, 0.15) is 15.9 Å². The molecule has 0 aliphatic heterocycles. The molecule has 0 atom stereocenters. The van der Waals surface area contributed by atoms with Crippen molar-refractivity contribution in [2.45, 2.75) is 11.0 Å². The number of carboxylic acid groups (broad SMARTS) is 1. The molecule has 3 rings (SSSR count). The standard InChI is InChI=1S/C16H11ClN2O3S/c17-13-6-4-11(5-7-13)14-18-19-16(22-14)23-9-10-2-1-3-12(8-10)15(20)21/h1-8H,9H2,(H,20,21)/p-1. The van der Waals surface area contributed by atoms with Gasteiger partial charge in [-0.05, 0) is 41.5 Å². The zero-order valence-corrected chi connectivity index (χ0v) is 13.3. The van der Waals surface area contributed by atoms with Crippen LogP contribution in [-0.2, 0) is 5.75 Å². The molecule has 0 bridgehead atoms. The lowest BCUT2D eigenvalue weighted by atomic mass is 10.1. The van der Waals surface area contributed by atoms with E-state index in [0.717, 1.165) is 11.1 Å². The van der Waals surface area contributed by atoms with Crippen LogP contribution < -0.4 is 5.11 Å². The topological polar surface area (TPSA) is 79.0 Å². The molecule has 0 radical (unpaired) electrons. The van der Waals surface area contributed by atoms with Gasteiger partial charge in [-0.3, -0.25) is 0 Å². The summed E-state index contributed by atoms with van der Waals surface area (Å²) < 4.78 is 5.58. The highest BCUT2D eigenvalue weighted by atomic mass is 35.5. The van der Waals surface area contributed by atoms with Crippen molar-refractivity contribution in [3.8, 4) is 11.5 Å². The maximum Gasteiger partial charge on any atom is 0.277 e. The van der Waals surface area contributed by atoms with Gasteiger partial charge >= 0.3 is 0 Å². The molecule has 0 spiro atoms. The highest BCUT2D eigenvalue weighted by Gasteiger charge is 2.09. The van der Waals surface area contributed by atoms with E-state index in [1.165, 1.54) is 17.8 Å². The molecule has 2 aromatic carbocycles. The van der Waals surface area contributed by atoms with Gasteiger partial charge in [0, 0.05) is 16.3 Å². The Balaban J connectivity index is 1.69. The number of nitrogens with zero attached hydrogens (tertiary/aromatic N) is 2. The first-order valence-electron chi connectivity index (χ1n) is 6.64. The molecule has 23 heavy (non-hydrogen) atoms. The predicted octanol–water partition coefficient (Wildman–Crippen LogP) is 3.05. The van der Waals surface area contributed by atoms with E-state index in [9.17, 15) is 9.90 Å². The van der Waals surface area contributed by atoms with Crippen molar-refractivity contribution in [2.75, 3.05) is 0 Å². The van der Waals surface area contributed by atoms with Crippen molar-refractivity contribution in [1.29, 1.82) is 0 Å². The van der Waals surface area contributed by atoms with Crippen molar-refractivity contribution in [3.63, 3.8) is 0 Å². The molecule has 1 heterocycles. The molecule has 116 valence electrons. The van der Waals surface area contributed by atoms with Gasteiger partial charge in [-0.25, -0.2) is 0 Å². The average molecular weight is 346 g/mol. The van der Waals surface area contributed by atoms with Crippen molar-refractivity contribution < 1.29 is 14.3 Å². The minimum atomic E-state index is -1.19. The number of aromatic nitrogens is 2. The second kappa shape index (κ2) is 6.85. The van der Waals surface area contributed by atoms with Crippen LogP contribution in [0.25, 0.3) is 11.5 Å². The first kappa shape index (κ1) is 15.6. The van der Waals surface area contributed by atoms with Gasteiger partial charge in [0.2, 0.25) is 5.89 Å². The Labute approximate surface area is 141 Å². The Kier molecular flexibility index (Phi) is 4.64. The Hall–Kier alpha value is -2.31. The minimum Gasteiger partial charge on any atom is -0.545 e. The van der Waals surface area contributed by atoms with E-state index >= 15 is 0 Å². The van der Waals surface area contributed by atoms with Gasteiger partial charge in [0.15, 0.2) is 0 Å². The van der Waals surface area contributed by atoms with Gasteiger partial charge in [0.25, 0.3) is 5.22 Å². The number of benzene rings is 2. The summed E-state index contributed by atoms with van der Waals surface area (Å²) in [5, 5.41) is 19.9. The summed E-state index contributed by atoms with van der Waals surface area (Å²) in [5.74, 6) is -0.268. The Morgan fingerprint density at radius 3 is 2.70 bits per heavy atom. The van der Waals surface area contributed by atoms with Gasteiger partial charge in [-0.15, -0.1) is 10.2 Å². The Morgan fingerprint density at radius 2 is 1.96 bits per heavy atom. The first-order valence-corrected chi connectivity index (χ1v) is 8.01. The van der Waals surface area contributed by atoms with Gasteiger partial charge in [-0.2, -0.15) is 0 Å². The number of rotatable bonds is 5. The van der Waals surface area contributed by atoms with Crippen LogP contribution in [0.4, 0.5) is 0 Å². The second-order valence-electron chi connectivity index (χ2n) is 4.66. The van der Waals surface area contributed by atoms with Crippen LogP contribution in [0.15, 0.2) is 58.2 Å². The van der Waals surface area contributed by atoms with E-state index in [1.54, 1.807) is 36.4 Å². The summed E-state index contributed by atoms with van der Waals surface area (Å²) in [4.78, 5) is 10.8. The van der Waals surface area contributed by atoms with Crippen molar-refractivity contribution in [2.24, 2.45) is 0 Å².